The van der Waals surface area contributed by atoms with E-state index in [1.54, 1.807) is 0 Å². The molecule has 0 aliphatic rings. The molecule has 0 saturated carbocycles. The van der Waals surface area contributed by atoms with Gasteiger partial charge in [-0.1, -0.05) is 0 Å². The highest BCUT2D eigenvalue weighted by Gasteiger charge is 2.07. The highest BCUT2D eigenvalue weighted by atomic mass is 79.9. The lowest BCUT2D eigenvalue weighted by Crippen LogP contribution is -1.86. The lowest BCUT2D eigenvalue weighted by Gasteiger charge is -2.03. The van der Waals surface area contributed by atoms with E-state index in [0.717, 1.165) is 6.07 Å². The first-order chi connectivity index (χ1) is 6.19. The zero-order chi connectivity index (χ0) is 9.84. The van der Waals surface area contributed by atoms with E-state index in [4.69, 9.17) is 4.74 Å². The summed E-state index contributed by atoms with van der Waals surface area (Å²) in [6.07, 6.45) is 1.32. The van der Waals surface area contributed by atoms with Crippen LogP contribution in [0.3, 0.4) is 0 Å². The molecule has 0 spiro atoms. The number of methoxy groups -OCH3 is 1. The monoisotopic (exact) mass is 245 g/mol. The van der Waals surface area contributed by atoms with Crippen LogP contribution in [0.5, 0.6) is 5.75 Å². The molecular formula is C8H5BrFNO2. The smallest absolute Gasteiger partial charge is 0.240 e. The molecule has 0 aromatic heterocycles. The van der Waals surface area contributed by atoms with Crippen LogP contribution in [0, 0.1) is 5.82 Å². The summed E-state index contributed by atoms with van der Waals surface area (Å²) in [6.45, 7) is 0. The Morgan fingerprint density at radius 3 is 2.85 bits per heavy atom. The number of halogens is 2. The second-order valence-corrected chi connectivity index (χ2v) is 3.00. The number of carbonyl (C=O) groups excluding carboxylic acids is 1. The van der Waals surface area contributed by atoms with Crippen LogP contribution >= 0.6 is 15.9 Å². The summed E-state index contributed by atoms with van der Waals surface area (Å²) in [4.78, 5) is 13.2. The molecule has 0 fully saturated rings. The van der Waals surface area contributed by atoms with E-state index in [1.807, 2.05) is 0 Å². The summed E-state index contributed by atoms with van der Waals surface area (Å²) in [7, 11) is 1.41. The summed E-state index contributed by atoms with van der Waals surface area (Å²) >= 11 is 2.98. The van der Waals surface area contributed by atoms with E-state index >= 15 is 0 Å². The van der Waals surface area contributed by atoms with Gasteiger partial charge < -0.3 is 4.74 Å². The Kier molecular flexibility index (Phi) is 3.17. The van der Waals surface area contributed by atoms with Gasteiger partial charge in [0.2, 0.25) is 6.08 Å². The molecular weight excluding hydrogens is 241 g/mol. The van der Waals surface area contributed by atoms with Crippen LogP contribution < -0.4 is 4.74 Å². The zero-order valence-corrected chi connectivity index (χ0v) is 8.26. The first kappa shape index (κ1) is 9.89. The van der Waals surface area contributed by atoms with Crippen molar-refractivity contribution in [3.05, 3.63) is 22.4 Å². The fraction of sp³-hybridized carbons (Fsp3) is 0.125. The standard InChI is InChI=1S/C8H5BrFNO2/c1-13-8-2-5(9)6(10)3-7(8)11-4-12/h2-3H,1H3. The molecule has 0 aliphatic carbocycles. The van der Waals surface area contributed by atoms with Crippen molar-refractivity contribution in [3.8, 4) is 5.75 Å². The first-order valence-corrected chi connectivity index (χ1v) is 4.09. The number of hydrogen-bond acceptors (Lipinski definition) is 3. The second kappa shape index (κ2) is 4.16. The molecule has 68 valence electrons. The number of aliphatic imine (C=N–C) groups is 1. The van der Waals surface area contributed by atoms with Crippen LogP contribution in [0.1, 0.15) is 0 Å². The molecule has 0 bridgehead atoms. The van der Waals surface area contributed by atoms with Gasteiger partial charge in [-0.25, -0.2) is 9.18 Å². The summed E-state index contributed by atoms with van der Waals surface area (Å²) in [5.41, 5.74) is 0.123. The molecule has 1 rings (SSSR count). The Morgan fingerprint density at radius 1 is 1.62 bits per heavy atom. The minimum Gasteiger partial charge on any atom is -0.494 e. The zero-order valence-electron chi connectivity index (χ0n) is 6.67. The van der Waals surface area contributed by atoms with Gasteiger partial charge >= 0.3 is 0 Å². The molecule has 1 aromatic carbocycles. The van der Waals surface area contributed by atoms with Crippen LogP contribution in [0.4, 0.5) is 10.1 Å². The number of rotatable bonds is 2. The molecule has 0 radical (unpaired) electrons. The third-order valence-electron chi connectivity index (χ3n) is 1.39. The summed E-state index contributed by atoms with van der Waals surface area (Å²) in [6, 6.07) is 2.49. The third kappa shape index (κ3) is 2.14. The maximum Gasteiger partial charge on any atom is 0.240 e. The Labute approximate surface area is 82.4 Å². The van der Waals surface area contributed by atoms with Crippen molar-refractivity contribution in [3.63, 3.8) is 0 Å². The van der Waals surface area contributed by atoms with Crippen LogP contribution in [0.15, 0.2) is 21.6 Å². The van der Waals surface area contributed by atoms with E-state index in [0.29, 0.717) is 5.75 Å². The Bertz CT molecular complexity index is 375. The van der Waals surface area contributed by atoms with E-state index in [1.165, 1.54) is 19.3 Å². The number of nitrogens with zero attached hydrogens (tertiary/aromatic N) is 1. The summed E-state index contributed by atoms with van der Waals surface area (Å²) < 4.78 is 18.0. The van der Waals surface area contributed by atoms with Gasteiger partial charge in [0.05, 0.1) is 11.6 Å². The van der Waals surface area contributed by atoms with Crippen molar-refractivity contribution < 1.29 is 13.9 Å². The maximum absolute atomic E-state index is 12.9. The van der Waals surface area contributed by atoms with Crippen LogP contribution in [0.2, 0.25) is 0 Å². The van der Waals surface area contributed by atoms with Crippen LogP contribution in [0.25, 0.3) is 0 Å². The minimum absolute atomic E-state index is 0.123. The molecule has 3 nitrogen and oxygen atoms in total. The lowest BCUT2D eigenvalue weighted by molar-refractivity contribution is 0.414. The molecule has 0 amide bonds. The van der Waals surface area contributed by atoms with E-state index in [-0.39, 0.29) is 10.2 Å². The minimum atomic E-state index is -0.505. The summed E-state index contributed by atoms with van der Waals surface area (Å²) in [5, 5.41) is 0. The largest absolute Gasteiger partial charge is 0.494 e. The average Bonchev–Trinajstić information content (AvgIpc) is 2.11. The Balaban J connectivity index is 3.32. The van der Waals surface area contributed by atoms with Gasteiger partial charge in [0.15, 0.2) is 0 Å². The molecule has 13 heavy (non-hydrogen) atoms. The molecule has 0 N–H and O–H groups in total. The molecule has 1 aromatic rings. The van der Waals surface area contributed by atoms with Gasteiger partial charge in [0.1, 0.15) is 17.3 Å². The molecule has 5 heteroatoms. The number of benzene rings is 1. The molecule has 0 saturated heterocycles. The fourth-order valence-corrected chi connectivity index (χ4v) is 1.14. The normalized spacial score (nSPS) is 9.15. The Hall–Kier alpha value is -1.19. The predicted molar refractivity (Wildman–Crippen MR) is 48.4 cm³/mol. The van der Waals surface area contributed by atoms with Crippen molar-refractivity contribution in [2.75, 3.05) is 7.11 Å². The van der Waals surface area contributed by atoms with Crippen LogP contribution in [-0.4, -0.2) is 13.2 Å². The quantitative estimate of drug-likeness (QED) is 0.594. The molecule has 0 heterocycles. The van der Waals surface area contributed by atoms with Gasteiger partial charge in [0.25, 0.3) is 0 Å². The highest BCUT2D eigenvalue weighted by Crippen LogP contribution is 2.32. The van der Waals surface area contributed by atoms with E-state index in [2.05, 4.69) is 20.9 Å². The number of hydrogen-bond donors (Lipinski definition) is 0. The van der Waals surface area contributed by atoms with Crippen LogP contribution in [-0.2, 0) is 4.79 Å². The topological polar surface area (TPSA) is 38.7 Å². The van der Waals surface area contributed by atoms with Gasteiger partial charge in [-0.2, -0.15) is 4.99 Å². The van der Waals surface area contributed by atoms with E-state index < -0.39 is 5.82 Å². The van der Waals surface area contributed by atoms with Crippen molar-refractivity contribution in [2.24, 2.45) is 4.99 Å². The SMILES string of the molecule is COc1cc(Br)c(F)cc1N=C=O. The number of ether oxygens (including phenoxy) is 1. The predicted octanol–water partition coefficient (Wildman–Crippen LogP) is 2.56. The van der Waals surface area contributed by atoms with Gasteiger partial charge in [0, 0.05) is 6.07 Å². The van der Waals surface area contributed by atoms with E-state index in [9.17, 15) is 9.18 Å². The van der Waals surface area contributed by atoms with Crippen molar-refractivity contribution >= 4 is 27.7 Å². The third-order valence-corrected chi connectivity index (χ3v) is 2.00. The lowest BCUT2D eigenvalue weighted by atomic mass is 10.3. The second-order valence-electron chi connectivity index (χ2n) is 2.14. The van der Waals surface area contributed by atoms with Gasteiger partial charge in [-0.15, -0.1) is 0 Å². The van der Waals surface area contributed by atoms with Crippen molar-refractivity contribution in [2.45, 2.75) is 0 Å². The highest BCUT2D eigenvalue weighted by molar-refractivity contribution is 9.10. The Morgan fingerprint density at radius 2 is 2.31 bits per heavy atom. The average molecular weight is 246 g/mol. The van der Waals surface area contributed by atoms with Crippen molar-refractivity contribution in [1.29, 1.82) is 0 Å². The summed E-state index contributed by atoms with van der Waals surface area (Å²) in [5.74, 6) is -0.188. The molecule has 0 unspecified atom stereocenters. The number of isocyanates is 1. The fourth-order valence-electron chi connectivity index (χ4n) is 0.818. The molecule has 0 atom stereocenters. The molecule has 0 aliphatic heterocycles. The van der Waals surface area contributed by atoms with Gasteiger partial charge in [-0.3, -0.25) is 0 Å². The van der Waals surface area contributed by atoms with Crippen molar-refractivity contribution in [1.82, 2.24) is 0 Å². The van der Waals surface area contributed by atoms with Gasteiger partial charge in [-0.05, 0) is 22.0 Å². The maximum atomic E-state index is 12.9. The first-order valence-electron chi connectivity index (χ1n) is 3.30.